The average Bonchev–Trinajstić information content (AvgIpc) is 2.91. The normalized spacial score (nSPS) is 46.0. The highest BCUT2D eigenvalue weighted by atomic mass is 16.5. The van der Waals surface area contributed by atoms with Crippen LogP contribution in [0.5, 0.6) is 0 Å². The number of allylic oxidation sites excluding steroid dienone is 2. The number of hydrogen-bond donors (Lipinski definition) is 0. The summed E-state index contributed by atoms with van der Waals surface area (Å²) in [7, 11) is 0. The van der Waals surface area contributed by atoms with Crippen molar-refractivity contribution in [3.05, 3.63) is 11.6 Å². The number of fused-ring (bicyclic) bond motifs is 5. The van der Waals surface area contributed by atoms with E-state index in [2.05, 4.69) is 19.9 Å². The van der Waals surface area contributed by atoms with Crippen molar-refractivity contribution < 1.29 is 19.1 Å². The third kappa shape index (κ3) is 2.74. The summed E-state index contributed by atoms with van der Waals surface area (Å²) in [5.41, 5.74) is 0.643. The quantitative estimate of drug-likeness (QED) is 0.679. The molecule has 148 valence electrons. The standard InChI is InChI=1S/C23H32O4/c1-13(24)18-7-8-19-17-6-5-15-11-16(27-14(2)25)9-10-22(15,3)21(17)20(26)12-23(18,19)4/h7,15-17,19,21H,5-6,8-12H2,1-4H3/t15-,16+,17-,19-,21-,22-,23+/m0/s1. The molecular weight excluding hydrogens is 340 g/mol. The van der Waals surface area contributed by atoms with Crippen molar-refractivity contribution in [2.24, 2.45) is 34.5 Å². The molecule has 4 nitrogen and oxygen atoms in total. The molecule has 0 aromatic heterocycles. The van der Waals surface area contributed by atoms with Gasteiger partial charge in [0.15, 0.2) is 5.78 Å². The Morgan fingerprint density at radius 1 is 1.15 bits per heavy atom. The Labute approximate surface area is 162 Å². The first-order valence-corrected chi connectivity index (χ1v) is 10.6. The van der Waals surface area contributed by atoms with Crippen LogP contribution in [-0.4, -0.2) is 23.6 Å². The average molecular weight is 373 g/mol. The van der Waals surface area contributed by atoms with Crippen molar-refractivity contribution >= 4 is 17.5 Å². The van der Waals surface area contributed by atoms with Gasteiger partial charge in [0.05, 0.1) is 0 Å². The number of ether oxygens (including phenoxy) is 1. The van der Waals surface area contributed by atoms with E-state index >= 15 is 0 Å². The summed E-state index contributed by atoms with van der Waals surface area (Å²) >= 11 is 0. The number of ketones is 2. The van der Waals surface area contributed by atoms with E-state index in [-0.39, 0.29) is 34.6 Å². The predicted octanol–water partition coefficient (Wildman–Crippen LogP) is 4.27. The zero-order chi connectivity index (χ0) is 19.6. The second kappa shape index (κ2) is 6.28. The van der Waals surface area contributed by atoms with E-state index in [0.29, 0.717) is 30.0 Å². The van der Waals surface area contributed by atoms with Gasteiger partial charge in [-0.15, -0.1) is 0 Å². The summed E-state index contributed by atoms with van der Waals surface area (Å²) < 4.78 is 5.50. The molecule has 0 heterocycles. The fourth-order valence-electron chi connectivity index (χ4n) is 7.50. The third-order valence-corrected chi connectivity index (χ3v) is 8.60. The Morgan fingerprint density at radius 2 is 1.89 bits per heavy atom. The molecule has 0 amide bonds. The molecule has 4 aliphatic carbocycles. The van der Waals surface area contributed by atoms with Gasteiger partial charge in [-0.2, -0.15) is 0 Å². The SMILES string of the molecule is CC(=O)O[C@@H]1CC[C@@]2(C)[C@@H](CC[C@@H]3[C@H]2C(=O)C[C@]2(C)C(C(C)=O)=CC[C@@H]32)C1. The Morgan fingerprint density at radius 3 is 2.56 bits per heavy atom. The largest absolute Gasteiger partial charge is 0.463 e. The predicted molar refractivity (Wildman–Crippen MR) is 102 cm³/mol. The van der Waals surface area contributed by atoms with Crippen LogP contribution in [0.1, 0.15) is 72.6 Å². The molecule has 0 saturated heterocycles. The van der Waals surface area contributed by atoms with Crippen LogP contribution in [0.2, 0.25) is 0 Å². The van der Waals surface area contributed by atoms with Crippen LogP contribution in [0.3, 0.4) is 0 Å². The second-order valence-corrected chi connectivity index (χ2v) is 10.0. The van der Waals surface area contributed by atoms with Crippen LogP contribution in [-0.2, 0) is 19.1 Å². The van der Waals surface area contributed by atoms with Gasteiger partial charge in [-0.1, -0.05) is 19.9 Å². The Bertz CT molecular complexity index is 722. The molecule has 4 rings (SSSR count). The molecule has 3 fully saturated rings. The highest BCUT2D eigenvalue weighted by molar-refractivity contribution is 5.97. The number of carbonyl (C=O) groups excluding carboxylic acids is 3. The molecule has 4 aliphatic rings. The number of esters is 1. The summed E-state index contributed by atoms with van der Waals surface area (Å²) in [4.78, 5) is 37.0. The van der Waals surface area contributed by atoms with Crippen LogP contribution in [0.25, 0.3) is 0 Å². The van der Waals surface area contributed by atoms with Gasteiger partial charge in [-0.25, -0.2) is 0 Å². The molecular formula is C23H32O4. The molecule has 0 aliphatic heterocycles. The van der Waals surface area contributed by atoms with Crippen LogP contribution in [0.15, 0.2) is 11.6 Å². The van der Waals surface area contributed by atoms with Crippen LogP contribution < -0.4 is 0 Å². The van der Waals surface area contributed by atoms with Crippen LogP contribution in [0, 0.1) is 34.5 Å². The maximum absolute atomic E-state index is 13.4. The van der Waals surface area contributed by atoms with E-state index in [9.17, 15) is 14.4 Å². The lowest BCUT2D eigenvalue weighted by Crippen LogP contribution is -2.57. The topological polar surface area (TPSA) is 60.4 Å². The van der Waals surface area contributed by atoms with Gasteiger partial charge in [-0.3, -0.25) is 14.4 Å². The van der Waals surface area contributed by atoms with Gasteiger partial charge in [-0.05, 0) is 74.2 Å². The molecule has 0 N–H and O–H groups in total. The van der Waals surface area contributed by atoms with E-state index in [1.54, 1.807) is 6.92 Å². The van der Waals surface area contributed by atoms with Crippen molar-refractivity contribution in [1.82, 2.24) is 0 Å². The monoisotopic (exact) mass is 372 g/mol. The summed E-state index contributed by atoms with van der Waals surface area (Å²) in [6.45, 7) is 7.59. The molecule has 0 aromatic rings. The third-order valence-electron chi connectivity index (χ3n) is 8.60. The lowest BCUT2D eigenvalue weighted by atomic mass is 9.44. The Balaban J connectivity index is 1.60. The maximum Gasteiger partial charge on any atom is 0.302 e. The lowest BCUT2D eigenvalue weighted by molar-refractivity contribution is -0.166. The van der Waals surface area contributed by atoms with Crippen molar-refractivity contribution in [3.8, 4) is 0 Å². The molecule has 0 radical (unpaired) electrons. The van der Waals surface area contributed by atoms with E-state index in [0.717, 1.165) is 44.1 Å². The summed E-state index contributed by atoms with van der Waals surface area (Å²) in [6, 6.07) is 0. The first-order valence-electron chi connectivity index (χ1n) is 10.6. The minimum Gasteiger partial charge on any atom is -0.463 e. The minimum absolute atomic E-state index is 0.0109. The maximum atomic E-state index is 13.4. The molecule has 3 saturated carbocycles. The number of hydrogen-bond acceptors (Lipinski definition) is 4. The van der Waals surface area contributed by atoms with E-state index in [1.165, 1.54) is 6.92 Å². The van der Waals surface area contributed by atoms with Crippen molar-refractivity contribution in [3.63, 3.8) is 0 Å². The van der Waals surface area contributed by atoms with Gasteiger partial charge in [0.2, 0.25) is 0 Å². The van der Waals surface area contributed by atoms with Gasteiger partial charge in [0.25, 0.3) is 0 Å². The van der Waals surface area contributed by atoms with Gasteiger partial charge in [0, 0.05) is 24.7 Å². The van der Waals surface area contributed by atoms with Gasteiger partial charge in [0.1, 0.15) is 11.9 Å². The molecule has 7 atom stereocenters. The molecule has 0 unspecified atom stereocenters. The summed E-state index contributed by atoms with van der Waals surface area (Å²) in [6.07, 6.45) is 8.46. The second-order valence-electron chi connectivity index (χ2n) is 10.0. The van der Waals surface area contributed by atoms with Crippen molar-refractivity contribution in [2.45, 2.75) is 78.7 Å². The molecule has 0 spiro atoms. The zero-order valence-corrected chi connectivity index (χ0v) is 17.0. The smallest absolute Gasteiger partial charge is 0.302 e. The van der Waals surface area contributed by atoms with E-state index in [4.69, 9.17) is 4.74 Å². The first-order chi connectivity index (χ1) is 12.7. The Hall–Kier alpha value is -1.45. The zero-order valence-electron chi connectivity index (χ0n) is 17.0. The highest BCUT2D eigenvalue weighted by Crippen LogP contribution is 2.65. The molecule has 4 heteroatoms. The van der Waals surface area contributed by atoms with E-state index in [1.807, 2.05) is 0 Å². The summed E-state index contributed by atoms with van der Waals surface area (Å²) in [5, 5.41) is 0. The number of Topliss-reactive ketones (excluding diaryl/α,β-unsaturated/α-hetero) is 2. The lowest BCUT2D eigenvalue weighted by Gasteiger charge is -2.59. The van der Waals surface area contributed by atoms with Gasteiger partial charge < -0.3 is 4.74 Å². The Kier molecular flexibility index (Phi) is 4.40. The molecule has 0 aromatic carbocycles. The molecule has 27 heavy (non-hydrogen) atoms. The van der Waals surface area contributed by atoms with E-state index < -0.39 is 0 Å². The van der Waals surface area contributed by atoms with Crippen molar-refractivity contribution in [1.29, 1.82) is 0 Å². The van der Waals surface area contributed by atoms with Gasteiger partial charge >= 0.3 is 5.97 Å². The van der Waals surface area contributed by atoms with Crippen molar-refractivity contribution in [2.75, 3.05) is 0 Å². The van der Waals surface area contributed by atoms with Crippen LogP contribution in [0.4, 0.5) is 0 Å². The molecule has 0 bridgehead atoms. The first kappa shape index (κ1) is 18.9. The fraction of sp³-hybridized carbons (Fsp3) is 0.783. The van der Waals surface area contributed by atoms with Crippen LogP contribution >= 0.6 is 0 Å². The number of carbonyl (C=O) groups is 3. The minimum atomic E-state index is -0.262. The fourth-order valence-corrected chi connectivity index (χ4v) is 7.50. The highest BCUT2D eigenvalue weighted by Gasteiger charge is 2.62. The number of rotatable bonds is 2. The summed E-state index contributed by atoms with van der Waals surface area (Å²) in [5.74, 6) is 1.66.